The summed E-state index contributed by atoms with van der Waals surface area (Å²) < 4.78 is 5.05. The Morgan fingerprint density at radius 3 is 2.93 bits per heavy atom. The average Bonchev–Trinajstić information content (AvgIpc) is 2.69. The van der Waals surface area contributed by atoms with Crippen LogP contribution in [0.3, 0.4) is 0 Å². The minimum atomic E-state index is -0.314. The molecule has 2 atom stereocenters. The van der Waals surface area contributed by atoms with Crippen LogP contribution in [0.1, 0.15) is 19.8 Å². The molecule has 0 aromatic heterocycles. The monoisotopic (exact) mass is 216 g/mol. The second-order valence-electron chi connectivity index (χ2n) is 3.40. The number of carbonyl (C=O) groups is 1. The van der Waals surface area contributed by atoms with Gasteiger partial charge in [-0.05, 0) is 45.6 Å². The van der Waals surface area contributed by atoms with Crippen LogP contribution in [-0.2, 0) is 9.53 Å². The number of thiocarbonyl (C=S) groups is 1. The lowest BCUT2D eigenvalue weighted by molar-refractivity contribution is -0.137. The van der Waals surface area contributed by atoms with Gasteiger partial charge in [0.25, 0.3) is 0 Å². The minimum absolute atomic E-state index is 0.0676. The van der Waals surface area contributed by atoms with E-state index in [1.165, 1.54) is 0 Å². The van der Waals surface area contributed by atoms with E-state index in [1.54, 1.807) is 14.0 Å². The summed E-state index contributed by atoms with van der Waals surface area (Å²) in [4.78, 5) is 11.3. The molecule has 1 aliphatic rings. The summed E-state index contributed by atoms with van der Waals surface area (Å²) in [6, 6.07) is -0.243. The summed E-state index contributed by atoms with van der Waals surface area (Å²) in [5.74, 6) is -0.314. The number of hydrogen-bond acceptors (Lipinski definition) is 5. The molecule has 1 saturated heterocycles. The van der Waals surface area contributed by atoms with Crippen molar-refractivity contribution in [2.75, 3.05) is 13.6 Å². The Kier molecular flexibility index (Phi) is 4.44. The van der Waals surface area contributed by atoms with Crippen LogP contribution in [0.2, 0.25) is 0 Å². The second-order valence-corrected chi connectivity index (χ2v) is 3.80. The zero-order valence-corrected chi connectivity index (χ0v) is 9.32. The van der Waals surface area contributed by atoms with E-state index >= 15 is 0 Å². The molecular weight excluding hydrogens is 200 g/mol. The normalized spacial score (nSPS) is 23.1. The Morgan fingerprint density at radius 1 is 1.71 bits per heavy atom. The average molecular weight is 216 g/mol. The van der Waals surface area contributed by atoms with Gasteiger partial charge in [-0.25, -0.2) is 4.79 Å². The number of nitrogens with one attached hydrogen (secondary N) is 2. The predicted molar refractivity (Wildman–Crippen MR) is 58.2 cm³/mol. The Morgan fingerprint density at radius 2 is 2.43 bits per heavy atom. The zero-order valence-electron chi connectivity index (χ0n) is 8.50. The van der Waals surface area contributed by atoms with E-state index in [2.05, 4.69) is 10.6 Å². The van der Waals surface area contributed by atoms with Gasteiger partial charge in [-0.3, -0.25) is 0 Å². The van der Waals surface area contributed by atoms with Gasteiger partial charge in [0.15, 0.2) is 5.05 Å². The van der Waals surface area contributed by atoms with E-state index in [4.69, 9.17) is 17.0 Å². The van der Waals surface area contributed by atoms with Crippen molar-refractivity contribution >= 4 is 23.2 Å². The van der Waals surface area contributed by atoms with Crippen molar-refractivity contribution in [3.63, 3.8) is 0 Å². The number of likely N-dealkylation sites (N-methyl/N-ethyl adjacent to an activating group) is 1. The van der Waals surface area contributed by atoms with Gasteiger partial charge in [-0.15, -0.1) is 0 Å². The van der Waals surface area contributed by atoms with E-state index < -0.39 is 0 Å². The van der Waals surface area contributed by atoms with Crippen molar-refractivity contribution < 1.29 is 9.53 Å². The van der Waals surface area contributed by atoms with Crippen LogP contribution >= 0.6 is 12.2 Å². The Bertz CT molecular complexity index is 227. The quantitative estimate of drug-likeness (QED) is 0.522. The molecule has 0 saturated carbocycles. The number of ether oxygens (including phenoxy) is 1. The van der Waals surface area contributed by atoms with Crippen LogP contribution in [0.15, 0.2) is 0 Å². The SMILES string of the molecule is CN[C@@H](C)C(=O)OC(=S)[C@@H]1CCCN1. The fourth-order valence-corrected chi connectivity index (χ4v) is 1.55. The van der Waals surface area contributed by atoms with Gasteiger partial charge in [-0.2, -0.15) is 0 Å². The highest BCUT2D eigenvalue weighted by molar-refractivity contribution is 7.80. The van der Waals surface area contributed by atoms with Crippen LogP contribution in [0.25, 0.3) is 0 Å². The lowest BCUT2D eigenvalue weighted by Crippen LogP contribution is -2.38. The second kappa shape index (κ2) is 5.38. The van der Waals surface area contributed by atoms with Gasteiger partial charge in [0.05, 0.1) is 6.04 Å². The summed E-state index contributed by atoms with van der Waals surface area (Å²) in [6.07, 6.45) is 2.05. The molecule has 0 aromatic carbocycles. The highest BCUT2D eigenvalue weighted by Gasteiger charge is 2.23. The fraction of sp³-hybridized carbons (Fsp3) is 0.778. The van der Waals surface area contributed by atoms with Crippen molar-refractivity contribution in [1.82, 2.24) is 10.6 Å². The lowest BCUT2D eigenvalue weighted by Gasteiger charge is -2.14. The summed E-state index contributed by atoms with van der Waals surface area (Å²) >= 11 is 5.02. The molecule has 80 valence electrons. The Hall–Kier alpha value is -0.520. The Labute approximate surface area is 89.4 Å². The highest BCUT2D eigenvalue weighted by Crippen LogP contribution is 2.08. The molecule has 1 rings (SSSR count). The van der Waals surface area contributed by atoms with Crippen molar-refractivity contribution in [3.8, 4) is 0 Å². The maximum absolute atomic E-state index is 11.3. The smallest absolute Gasteiger partial charge is 0.328 e. The molecule has 0 amide bonds. The van der Waals surface area contributed by atoms with Crippen molar-refractivity contribution in [2.24, 2.45) is 0 Å². The molecule has 4 nitrogen and oxygen atoms in total. The lowest BCUT2D eigenvalue weighted by atomic mass is 10.2. The van der Waals surface area contributed by atoms with E-state index in [0.717, 1.165) is 19.4 Å². The largest absolute Gasteiger partial charge is 0.416 e. The van der Waals surface area contributed by atoms with Gasteiger partial charge < -0.3 is 15.4 Å². The fourth-order valence-electron chi connectivity index (χ4n) is 1.26. The van der Waals surface area contributed by atoms with Gasteiger partial charge >= 0.3 is 5.97 Å². The zero-order chi connectivity index (χ0) is 10.6. The predicted octanol–water partition coefficient (Wildman–Crippen LogP) is 0.217. The molecule has 2 N–H and O–H groups in total. The van der Waals surface area contributed by atoms with Gasteiger partial charge in [-0.1, -0.05) is 0 Å². The van der Waals surface area contributed by atoms with Crippen molar-refractivity contribution in [1.29, 1.82) is 0 Å². The molecule has 1 heterocycles. The number of carbonyl (C=O) groups excluding carboxylic acids is 1. The maximum Gasteiger partial charge on any atom is 0.328 e. The van der Waals surface area contributed by atoms with E-state index in [0.29, 0.717) is 5.05 Å². The number of hydrogen-bond donors (Lipinski definition) is 2. The van der Waals surface area contributed by atoms with Crippen molar-refractivity contribution in [3.05, 3.63) is 0 Å². The molecule has 5 heteroatoms. The first-order chi connectivity index (χ1) is 6.65. The summed E-state index contributed by atoms with van der Waals surface area (Å²) in [6.45, 7) is 2.69. The molecule has 0 bridgehead atoms. The first-order valence-electron chi connectivity index (χ1n) is 4.81. The van der Waals surface area contributed by atoms with Crippen LogP contribution in [0, 0.1) is 0 Å². The van der Waals surface area contributed by atoms with Gasteiger partial charge in [0, 0.05) is 0 Å². The van der Waals surface area contributed by atoms with E-state index in [1.807, 2.05) is 0 Å². The van der Waals surface area contributed by atoms with Crippen LogP contribution in [0.4, 0.5) is 0 Å². The molecule has 1 aliphatic heterocycles. The topological polar surface area (TPSA) is 50.4 Å². The van der Waals surface area contributed by atoms with Gasteiger partial charge in [0.2, 0.25) is 0 Å². The van der Waals surface area contributed by atoms with E-state index in [9.17, 15) is 4.79 Å². The standard InChI is InChI=1S/C9H16N2O2S/c1-6(10-2)8(12)13-9(14)7-4-3-5-11-7/h6-7,10-11H,3-5H2,1-2H3/t6-,7-/m0/s1. The summed E-state index contributed by atoms with van der Waals surface area (Å²) in [5.41, 5.74) is 0. The molecular formula is C9H16N2O2S. The first kappa shape index (κ1) is 11.6. The number of rotatable bonds is 3. The highest BCUT2D eigenvalue weighted by atomic mass is 32.1. The Balaban J connectivity index is 2.35. The molecule has 0 radical (unpaired) electrons. The minimum Gasteiger partial charge on any atom is -0.416 e. The summed E-state index contributed by atoms with van der Waals surface area (Å²) in [7, 11) is 1.71. The molecule has 1 fully saturated rings. The van der Waals surface area contributed by atoms with Gasteiger partial charge in [0.1, 0.15) is 6.04 Å². The third kappa shape index (κ3) is 3.01. The third-order valence-corrected chi connectivity index (χ3v) is 2.70. The molecule has 0 aromatic rings. The van der Waals surface area contributed by atoms with Crippen molar-refractivity contribution in [2.45, 2.75) is 31.8 Å². The third-order valence-electron chi connectivity index (χ3n) is 2.33. The van der Waals surface area contributed by atoms with Crippen LogP contribution < -0.4 is 10.6 Å². The molecule has 0 aliphatic carbocycles. The summed E-state index contributed by atoms with van der Waals surface area (Å²) in [5, 5.41) is 6.36. The number of esters is 1. The first-order valence-corrected chi connectivity index (χ1v) is 5.22. The molecule has 0 unspecified atom stereocenters. The molecule has 14 heavy (non-hydrogen) atoms. The maximum atomic E-state index is 11.3. The van der Waals surface area contributed by atoms with E-state index in [-0.39, 0.29) is 18.1 Å². The van der Waals surface area contributed by atoms with Crippen LogP contribution in [-0.4, -0.2) is 36.7 Å². The van der Waals surface area contributed by atoms with Crippen LogP contribution in [0.5, 0.6) is 0 Å². The molecule has 0 spiro atoms.